The minimum Gasteiger partial charge on any atom is -0.465 e. The number of nitrogens with one attached hydrogen (secondary N) is 1. The van der Waals surface area contributed by atoms with Crippen LogP contribution in [-0.4, -0.2) is 24.0 Å². The Bertz CT molecular complexity index is 696. The first-order valence-electron chi connectivity index (χ1n) is 7.37. The van der Waals surface area contributed by atoms with E-state index < -0.39 is 0 Å². The van der Waals surface area contributed by atoms with E-state index >= 15 is 0 Å². The van der Waals surface area contributed by atoms with Crippen molar-refractivity contribution < 1.29 is 14.3 Å². The largest absolute Gasteiger partial charge is 0.465 e. The van der Waals surface area contributed by atoms with Crippen LogP contribution in [0.15, 0.2) is 42.7 Å². The van der Waals surface area contributed by atoms with Crippen LogP contribution in [0.2, 0.25) is 0 Å². The summed E-state index contributed by atoms with van der Waals surface area (Å²) in [6, 6.07) is 9.77. The number of esters is 1. The van der Waals surface area contributed by atoms with Crippen molar-refractivity contribution in [1.29, 1.82) is 0 Å². The predicted molar refractivity (Wildman–Crippen MR) is 87.1 cm³/mol. The Balaban J connectivity index is 2.09. The van der Waals surface area contributed by atoms with Crippen LogP contribution in [0.4, 0.5) is 0 Å². The van der Waals surface area contributed by atoms with Crippen molar-refractivity contribution in [2.24, 2.45) is 0 Å². The van der Waals surface area contributed by atoms with E-state index in [1.807, 2.05) is 31.2 Å². The van der Waals surface area contributed by atoms with Gasteiger partial charge in [-0.15, -0.1) is 0 Å². The van der Waals surface area contributed by atoms with Gasteiger partial charge in [-0.05, 0) is 36.1 Å². The Kier molecular flexibility index (Phi) is 5.46. The molecule has 0 aliphatic heterocycles. The Morgan fingerprint density at radius 3 is 2.48 bits per heavy atom. The van der Waals surface area contributed by atoms with Crippen LogP contribution >= 0.6 is 0 Å². The van der Waals surface area contributed by atoms with Crippen LogP contribution in [0.25, 0.3) is 0 Å². The smallest absolute Gasteiger partial charge is 0.339 e. The second-order valence-electron chi connectivity index (χ2n) is 5.41. The van der Waals surface area contributed by atoms with Gasteiger partial charge in [-0.1, -0.05) is 24.3 Å². The predicted octanol–water partition coefficient (Wildman–Crippen LogP) is 2.66. The summed E-state index contributed by atoms with van der Waals surface area (Å²) in [5.74, 6) is -0.439. The molecule has 0 saturated heterocycles. The molecule has 2 rings (SSSR count). The van der Waals surface area contributed by atoms with Crippen LogP contribution in [0.1, 0.15) is 46.9 Å². The van der Waals surface area contributed by atoms with Gasteiger partial charge in [0, 0.05) is 19.3 Å². The molecule has 2 aromatic rings. The molecule has 0 aliphatic carbocycles. The zero-order valence-corrected chi connectivity index (χ0v) is 13.5. The lowest BCUT2D eigenvalue weighted by molar-refractivity contribution is -0.119. The number of hydrogen-bond donors (Lipinski definition) is 1. The van der Waals surface area contributed by atoms with Gasteiger partial charge in [0.05, 0.1) is 18.7 Å². The Hall–Kier alpha value is -2.69. The van der Waals surface area contributed by atoms with Crippen LogP contribution in [0, 0.1) is 0 Å². The Morgan fingerprint density at radius 1 is 1.17 bits per heavy atom. The molecule has 1 aromatic heterocycles. The number of nitrogens with zero attached hydrogens (tertiary/aromatic N) is 1. The zero-order valence-electron chi connectivity index (χ0n) is 13.5. The summed E-state index contributed by atoms with van der Waals surface area (Å²) in [5.41, 5.74) is 3.54. The Morgan fingerprint density at radius 2 is 1.87 bits per heavy atom. The summed E-state index contributed by atoms with van der Waals surface area (Å²) < 4.78 is 4.70. The lowest BCUT2D eigenvalue weighted by atomic mass is 10.0. The minimum absolute atomic E-state index is 0.0223. The van der Waals surface area contributed by atoms with Crippen LogP contribution in [-0.2, 0) is 16.0 Å². The number of aromatic nitrogens is 1. The second kappa shape index (κ2) is 7.54. The van der Waals surface area contributed by atoms with E-state index in [-0.39, 0.29) is 17.9 Å². The maximum atomic E-state index is 11.5. The number of rotatable bonds is 5. The molecule has 1 atom stereocenters. The van der Waals surface area contributed by atoms with Crippen LogP contribution < -0.4 is 5.32 Å². The molecule has 0 spiro atoms. The normalized spacial score (nSPS) is 11.6. The molecule has 0 saturated carbocycles. The molecule has 23 heavy (non-hydrogen) atoms. The monoisotopic (exact) mass is 312 g/mol. The molecule has 120 valence electrons. The molecular formula is C18H20N2O3. The standard InChI is InChI=1S/C18H20N2O3/c1-12(20-13(2)21)16-6-4-14(5-7-16)8-15-9-17(11-19-10-15)18(22)23-3/h4-7,9-12H,8H2,1-3H3,(H,20,21)/t12-/m0/s1. The molecule has 1 N–H and O–H groups in total. The van der Waals surface area contributed by atoms with Crippen molar-refractivity contribution >= 4 is 11.9 Å². The van der Waals surface area contributed by atoms with Crippen molar-refractivity contribution in [2.45, 2.75) is 26.3 Å². The van der Waals surface area contributed by atoms with Gasteiger partial charge in [-0.25, -0.2) is 4.79 Å². The van der Waals surface area contributed by atoms with Crippen molar-refractivity contribution in [3.8, 4) is 0 Å². The quantitative estimate of drug-likeness (QED) is 0.862. The number of carbonyl (C=O) groups is 2. The second-order valence-corrected chi connectivity index (χ2v) is 5.41. The number of hydrogen-bond acceptors (Lipinski definition) is 4. The van der Waals surface area contributed by atoms with Crippen molar-refractivity contribution in [3.63, 3.8) is 0 Å². The summed E-state index contributed by atoms with van der Waals surface area (Å²) in [4.78, 5) is 26.7. The zero-order chi connectivity index (χ0) is 16.8. The SMILES string of the molecule is COC(=O)c1cncc(Cc2ccc([C@H](C)NC(C)=O)cc2)c1. The van der Waals surface area contributed by atoms with Gasteiger partial charge in [0.15, 0.2) is 0 Å². The molecule has 1 amide bonds. The van der Waals surface area contributed by atoms with Gasteiger partial charge in [0.25, 0.3) is 0 Å². The van der Waals surface area contributed by atoms with Crippen LogP contribution in [0.5, 0.6) is 0 Å². The highest BCUT2D eigenvalue weighted by Crippen LogP contribution is 2.16. The van der Waals surface area contributed by atoms with Crippen molar-refractivity contribution in [1.82, 2.24) is 10.3 Å². The fourth-order valence-electron chi connectivity index (χ4n) is 2.36. The summed E-state index contributed by atoms with van der Waals surface area (Å²) in [7, 11) is 1.35. The summed E-state index contributed by atoms with van der Waals surface area (Å²) >= 11 is 0. The van der Waals surface area contributed by atoms with Crippen molar-refractivity contribution in [2.75, 3.05) is 7.11 Å². The molecule has 0 aliphatic rings. The summed E-state index contributed by atoms with van der Waals surface area (Å²) in [5, 5.41) is 2.85. The fourth-order valence-corrected chi connectivity index (χ4v) is 2.36. The fraction of sp³-hybridized carbons (Fsp3) is 0.278. The first-order chi connectivity index (χ1) is 11.0. The van der Waals surface area contributed by atoms with E-state index in [1.54, 1.807) is 12.3 Å². The number of ether oxygens (including phenoxy) is 1. The molecule has 1 heterocycles. The summed E-state index contributed by atoms with van der Waals surface area (Å²) in [6.45, 7) is 3.45. The summed E-state index contributed by atoms with van der Waals surface area (Å²) in [6.07, 6.45) is 3.90. The maximum absolute atomic E-state index is 11.5. The van der Waals surface area contributed by atoms with E-state index in [0.29, 0.717) is 12.0 Å². The van der Waals surface area contributed by atoms with E-state index in [2.05, 4.69) is 10.3 Å². The van der Waals surface area contributed by atoms with Crippen molar-refractivity contribution in [3.05, 3.63) is 65.0 Å². The lowest BCUT2D eigenvalue weighted by Gasteiger charge is -2.13. The van der Waals surface area contributed by atoms with Crippen LogP contribution in [0.3, 0.4) is 0 Å². The third kappa shape index (κ3) is 4.64. The average molecular weight is 312 g/mol. The average Bonchev–Trinajstić information content (AvgIpc) is 2.54. The lowest BCUT2D eigenvalue weighted by Crippen LogP contribution is -2.23. The Labute approximate surface area is 135 Å². The van der Waals surface area contributed by atoms with Gasteiger partial charge in [0.1, 0.15) is 0 Å². The first-order valence-corrected chi connectivity index (χ1v) is 7.37. The molecule has 0 bridgehead atoms. The van der Waals surface area contributed by atoms with Gasteiger partial charge in [0.2, 0.25) is 5.91 Å². The maximum Gasteiger partial charge on any atom is 0.339 e. The number of benzene rings is 1. The number of pyridine rings is 1. The van der Waals surface area contributed by atoms with Gasteiger partial charge >= 0.3 is 5.97 Å². The highest BCUT2D eigenvalue weighted by molar-refractivity contribution is 5.89. The van der Waals surface area contributed by atoms with E-state index in [9.17, 15) is 9.59 Å². The number of carbonyl (C=O) groups excluding carboxylic acids is 2. The first kappa shape index (κ1) is 16.7. The molecule has 1 aromatic carbocycles. The van der Waals surface area contributed by atoms with Gasteiger partial charge < -0.3 is 10.1 Å². The third-order valence-corrected chi connectivity index (χ3v) is 3.52. The number of methoxy groups -OCH3 is 1. The molecule has 5 heteroatoms. The van der Waals surface area contributed by atoms with Gasteiger partial charge in [-0.3, -0.25) is 9.78 Å². The number of amides is 1. The van der Waals surface area contributed by atoms with E-state index in [1.165, 1.54) is 20.2 Å². The van der Waals surface area contributed by atoms with E-state index in [4.69, 9.17) is 4.74 Å². The topological polar surface area (TPSA) is 68.3 Å². The molecule has 0 radical (unpaired) electrons. The molecular weight excluding hydrogens is 292 g/mol. The van der Waals surface area contributed by atoms with E-state index in [0.717, 1.165) is 16.7 Å². The molecule has 0 unspecified atom stereocenters. The molecule has 5 nitrogen and oxygen atoms in total. The third-order valence-electron chi connectivity index (χ3n) is 3.52. The van der Waals surface area contributed by atoms with Gasteiger partial charge in [-0.2, -0.15) is 0 Å². The highest BCUT2D eigenvalue weighted by atomic mass is 16.5. The molecule has 0 fully saturated rings. The minimum atomic E-state index is -0.390. The highest BCUT2D eigenvalue weighted by Gasteiger charge is 2.08.